The van der Waals surface area contributed by atoms with E-state index in [4.69, 9.17) is 6.57 Å². The topological polar surface area (TPSA) is 47.9 Å². The fraction of sp³-hybridized carbons (Fsp3) is 0.0145. The summed E-state index contributed by atoms with van der Waals surface area (Å²) in [5.74, 6) is 0. The number of nitrogens with zero attached hydrogens (tertiary/aromatic N) is 6. The molecule has 15 rings (SSSR count). The van der Waals surface area contributed by atoms with E-state index in [2.05, 4.69) is 163 Å². The monoisotopic (exact) mass is 1010 g/mol. The predicted molar refractivity (Wildman–Crippen MR) is 311 cm³/mol. The summed E-state index contributed by atoms with van der Waals surface area (Å²) in [6.07, 6.45) is -4.84. The molecule has 0 radical (unpaired) electrons. The Kier molecular flexibility index (Phi) is 9.75. The highest BCUT2D eigenvalue weighted by molar-refractivity contribution is 6.16. The van der Waals surface area contributed by atoms with Gasteiger partial charge in [0.25, 0.3) is 0 Å². The Hall–Kier alpha value is -10.6. The third kappa shape index (κ3) is 6.49. The molecule has 4 heterocycles. The van der Waals surface area contributed by atoms with E-state index in [1.807, 2.05) is 66.7 Å². The molecule has 0 spiro atoms. The Bertz CT molecular complexity index is 5020. The Balaban J connectivity index is 1.04. The first-order valence-corrected chi connectivity index (χ1v) is 25.6. The van der Waals surface area contributed by atoms with Gasteiger partial charge >= 0.3 is 6.18 Å². The van der Waals surface area contributed by atoms with Crippen LogP contribution in [0, 0.1) is 17.9 Å². The van der Waals surface area contributed by atoms with Crippen LogP contribution in [0.25, 0.3) is 137 Å². The maximum absolute atomic E-state index is 15.7. The zero-order chi connectivity index (χ0) is 52.4. The zero-order valence-corrected chi connectivity index (χ0v) is 41.3. The summed E-state index contributed by atoms with van der Waals surface area (Å²) in [5.41, 5.74) is 11.0. The van der Waals surface area contributed by atoms with E-state index < -0.39 is 11.7 Å². The van der Waals surface area contributed by atoms with Crippen LogP contribution in [0.1, 0.15) is 11.1 Å². The van der Waals surface area contributed by atoms with E-state index in [9.17, 15) is 5.26 Å². The summed E-state index contributed by atoms with van der Waals surface area (Å²) < 4.78 is 55.8. The minimum absolute atomic E-state index is 0.113. The first kappa shape index (κ1) is 44.8. The molecule has 0 fully saturated rings. The summed E-state index contributed by atoms with van der Waals surface area (Å²) in [7, 11) is 0. The van der Waals surface area contributed by atoms with Crippen molar-refractivity contribution in [1.29, 1.82) is 5.26 Å². The molecule has 0 saturated heterocycles. The van der Waals surface area contributed by atoms with Gasteiger partial charge in [-0.05, 0) is 108 Å². The molecule has 0 amide bonds. The summed E-state index contributed by atoms with van der Waals surface area (Å²) in [5, 5.41) is 18.4. The number of hydrogen-bond acceptors (Lipinski definition) is 1. The van der Waals surface area contributed by atoms with Crippen molar-refractivity contribution in [3.8, 4) is 51.1 Å². The number of rotatable bonds is 6. The van der Waals surface area contributed by atoms with Gasteiger partial charge in [-0.25, -0.2) is 4.85 Å². The van der Waals surface area contributed by atoms with Gasteiger partial charge in [0, 0.05) is 71.3 Å². The lowest BCUT2D eigenvalue weighted by molar-refractivity contribution is -0.137. The van der Waals surface area contributed by atoms with Crippen LogP contribution in [0.3, 0.4) is 0 Å². The highest BCUT2D eigenvalue weighted by atomic mass is 19.4. The molecule has 0 N–H and O–H groups in total. The maximum atomic E-state index is 15.7. The second-order valence-corrected chi connectivity index (χ2v) is 19.7. The number of hydrogen-bond donors (Lipinski definition) is 0. The molecule has 0 aliphatic carbocycles. The highest BCUT2D eigenvalue weighted by Crippen LogP contribution is 2.51. The Morgan fingerprint density at radius 1 is 0.359 bits per heavy atom. The number of benzene rings is 11. The molecule has 0 saturated carbocycles. The smallest absolute Gasteiger partial charge is 0.310 e. The lowest BCUT2D eigenvalue weighted by Crippen LogP contribution is -2.09. The minimum atomic E-state index is -4.84. The number of alkyl halides is 3. The van der Waals surface area contributed by atoms with Gasteiger partial charge in [0.05, 0.1) is 73.6 Å². The number of halogens is 3. The van der Waals surface area contributed by atoms with Gasteiger partial charge in [-0.2, -0.15) is 18.4 Å². The van der Waals surface area contributed by atoms with Crippen LogP contribution in [0.15, 0.2) is 237 Å². The SMILES string of the molecule is [C-]#[N+]c1cccc(-n2c3ccccc3c3cc(-n4c5ccccc5c5ccccc54)ccc32)c1-c1c(-c2ccc(C#N)cc2C(F)(F)F)cccc1-n1c2ccccc2c2cc(-n3c4ccccc4c4ccccc43)ccc21. The summed E-state index contributed by atoms with van der Waals surface area (Å²) in [6, 6.07) is 79.3. The maximum Gasteiger partial charge on any atom is 0.417 e. The van der Waals surface area contributed by atoms with Crippen molar-refractivity contribution >= 4 is 92.9 Å². The minimum Gasteiger partial charge on any atom is -0.310 e. The number of nitriles is 1. The van der Waals surface area contributed by atoms with E-state index in [0.29, 0.717) is 22.5 Å². The van der Waals surface area contributed by atoms with Gasteiger partial charge < -0.3 is 18.3 Å². The van der Waals surface area contributed by atoms with Crippen molar-refractivity contribution in [3.05, 3.63) is 259 Å². The van der Waals surface area contributed by atoms with Gasteiger partial charge in [0.1, 0.15) is 0 Å². The molecule has 0 atom stereocenters. The molecule has 15 aromatic rings. The third-order valence-corrected chi connectivity index (χ3v) is 15.6. The summed E-state index contributed by atoms with van der Waals surface area (Å²) in [4.78, 5) is 4.21. The van der Waals surface area contributed by atoms with E-state index >= 15 is 13.2 Å². The van der Waals surface area contributed by atoms with E-state index in [-0.39, 0.29) is 22.4 Å². The molecule has 9 heteroatoms. The second-order valence-electron chi connectivity index (χ2n) is 19.7. The molecular weight excluding hydrogens is 970 g/mol. The predicted octanol–water partition coefficient (Wildman–Crippen LogP) is 18.9. The van der Waals surface area contributed by atoms with Crippen molar-refractivity contribution in [1.82, 2.24) is 18.3 Å². The molecule has 6 nitrogen and oxygen atoms in total. The molecule has 366 valence electrons. The first-order valence-electron chi connectivity index (χ1n) is 25.6. The number of para-hydroxylation sites is 6. The fourth-order valence-electron chi connectivity index (χ4n) is 12.5. The third-order valence-electron chi connectivity index (χ3n) is 15.6. The average Bonchev–Trinajstić information content (AvgIpc) is 4.04. The standard InChI is InChI=1S/C69H39F3N6/c1-74-56-23-15-31-66(78-62-29-13-7-21-51(62)54-40-44(34-37-64(54)78)76-59-26-10-4-18-48(59)49-19-5-11-27-60(49)76)68(56)67-52(45-35-32-42(41-73)38-55(45)69(70,71)72)22-14-30-65(67)77-61-28-12-6-20-50(61)53-39-43(33-36-63(53)77)75-57-24-8-2-16-46(57)47-17-3-9-25-58(47)75/h2-40H. The van der Waals surface area contributed by atoms with Gasteiger partial charge in [-0.15, -0.1) is 0 Å². The average molecular weight is 1010 g/mol. The van der Waals surface area contributed by atoms with Gasteiger partial charge in [-0.3, -0.25) is 0 Å². The second kappa shape index (κ2) is 17.0. The number of fused-ring (bicyclic) bond motifs is 12. The quantitative estimate of drug-likeness (QED) is 0.153. The van der Waals surface area contributed by atoms with Crippen LogP contribution in [0.4, 0.5) is 18.9 Å². The summed E-state index contributed by atoms with van der Waals surface area (Å²) >= 11 is 0. The molecular formula is C69H39F3N6. The van der Waals surface area contributed by atoms with Crippen LogP contribution in [-0.2, 0) is 6.18 Å². The first-order chi connectivity index (χ1) is 38.3. The Morgan fingerprint density at radius 3 is 1.17 bits per heavy atom. The molecule has 0 bridgehead atoms. The Labute approximate surface area is 443 Å². The largest absolute Gasteiger partial charge is 0.417 e. The zero-order valence-electron chi connectivity index (χ0n) is 41.3. The van der Waals surface area contributed by atoms with Gasteiger partial charge in [0.2, 0.25) is 0 Å². The molecule has 0 unspecified atom stereocenters. The normalized spacial score (nSPS) is 12.0. The summed E-state index contributed by atoms with van der Waals surface area (Å²) in [6.45, 7) is 8.89. The molecule has 78 heavy (non-hydrogen) atoms. The lowest BCUT2D eigenvalue weighted by atomic mass is 9.88. The van der Waals surface area contributed by atoms with E-state index in [0.717, 1.165) is 105 Å². The molecule has 11 aromatic carbocycles. The van der Waals surface area contributed by atoms with Gasteiger partial charge in [-0.1, -0.05) is 140 Å². The molecule has 0 aliphatic rings. The van der Waals surface area contributed by atoms with Crippen molar-refractivity contribution in [2.24, 2.45) is 0 Å². The highest BCUT2D eigenvalue weighted by Gasteiger charge is 2.36. The number of aromatic nitrogens is 4. The van der Waals surface area contributed by atoms with Crippen LogP contribution >= 0.6 is 0 Å². The van der Waals surface area contributed by atoms with Crippen molar-refractivity contribution in [3.63, 3.8) is 0 Å². The van der Waals surface area contributed by atoms with Crippen molar-refractivity contribution in [2.45, 2.75) is 6.18 Å². The lowest BCUT2D eigenvalue weighted by Gasteiger charge is -2.24. The van der Waals surface area contributed by atoms with Crippen LogP contribution in [0.2, 0.25) is 0 Å². The van der Waals surface area contributed by atoms with Crippen molar-refractivity contribution in [2.75, 3.05) is 0 Å². The van der Waals surface area contributed by atoms with Crippen LogP contribution in [-0.4, -0.2) is 18.3 Å². The Morgan fingerprint density at radius 2 is 0.744 bits per heavy atom. The van der Waals surface area contributed by atoms with E-state index in [1.165, 1.54) is 12.1 Å². The molecule has 0 aliphatic heterocycles. The van der Waals surface area contributed by atoms with Crippen molar-refractivity contribution < 1.29 is 13.2 Å². The molecule has 4 aromatic heterocycles. The van der Waals surface area contributed by atoms with E-state index in [1.54, 1.807) is 18.2 Å². The van der Waals surface area contributed by atoms with Crippen LogP contribution < -0.4 is 0 Å². The van der Waals surface area contributed by atoms with Gasteiger partial charge in [0.15, 0.2) is 5.69 Å². The fourth-order valence-corrected chi connectivity index (χ4v) is 12.5. The van der Waals surface area contributed by atoms with Crippen LogP contribution in [0.5, 0.6) is 0 Å².